The van der Waals surface area contributed by atoms with Crippen molar-refractivity contribution in [2.45, 2.75) is 69.5 Å². The standard InChI is InChI=1S/C39H46N4O8Si/c1-26-36(52(3,4)49)33(23-34(45)41(20-21-44)25-27-12-6-5-7-13-27)51-39(26)31-22-29(43-37(47)30-15-9-8-14-28(30)24-40-43)17-18-32(31)42(38(39)48)19-11-10-16-35(46)50-2/h5-9,12-15,17-18,22,24,26,33,36,44,49H,10-11,16,19-21,23,25H2,1-4H3/t26-,33+,36-,39+/m1/s1. The van der Waals surface area contributed by atoms with Crippen molar-refractivity contribution in [1.29, 1.82) is 0 Å². The minimum Gasteiger partial charge on any atom is -0.469 e. The molecule has 0 saturated carbocycles. The van der Waals surface area contributed by atoms with E-state index in [9.17, 15) is 29.1 Å². The molecular formula is C39H46N4O8Si. The number of esters is 1. The van der Waals surface area contributed by atoms with Gasteiger partial charge in [-0.3, -0.25) is 19.2 Å². The molecule has 1 saturated heterocycles. The Labute approximate surface area is 303 Å². The van der Waals surface area contributed by atoms with Gasteiger partial charge in [-0.1, -0.05) is 55.5 Å². The van der Waals surface area contributed by atoms with Crippen molar-refractivity contribution < 1.29 is 33.8 Å². The number of anilines is 1. The highest BCUT2D eigenvalue weighted by Crippen LogP contribution is 2.60. The lowest BCUT2D eigenvalue weighted by molar-refractivity contribution is -0.150. The molecule has 0 unspecified atom stereocenters. The molecule has 2 amide bonds. The summed E-state index contributed by atoms with van der Waals surface area (Å²) in [7, 11) is -1.77. The molecule has 1 aromatic heterocycles. The summed E-state index contributed by atoms with van der Waals surface area (Å²) in [6, 6.07) is 22.0. The predicted molar refractivity (Wildman–Crippen MR) is 198 cm³/mol. The summed E-state index contributed by atoms with van der Waals surface area (Å²) >= 11 is 0. The molecule has 13 heteroatoms. The van der Waals surface area contributed by atoms with Crippen LogP contribution in [-0.4, -0.2) is 83.6 Å². The average molecular weight is 727 g/mol. The molecule has 52 heavy (non-hydrogen) atoms. The number of hydrogen-bond acceptors (Lipinski definition) is 9. The number of aliphatic hydroxyl groups excluding tert-OH is 1. The number of nitrogens with zero attached hydrogens (tertiary/aromatic N) is 4. The largest absolute Gasteiger partial charge is 0.469 e. The van der Waals surface area contributed by atoms with Crippen LogP contribution in [0.1, 0.15) is 43.7 Å². The summed E-state index contributed by atoms with van der Waals surface area (Å²) in [6.07, 6.45) is 1.93. The highest BCUT2D eigenvalue weighted by Gasteiger charge is 2.66. The maximum Gasteiger partial charge on any atom is 0.305 e. The van der Waals surface area contributed by atoms with Gasteiger partial charge in [0.1, 0.15) is 0 Å². The number of carbonyl (C=O) groups is 3. The van der Waals surface area contributed by atoms with E-state index in [1.54, 1.807) is 59.4 Å². The van der Waals surface area contributed by atoms with Crippen LogP contribution in [0.4, 0.5) is 5.69 Å². The summed E-state index contributed by atoms with van der Waals surface area (Å²) in [5, 5.41) is 15.5. The maximum atomic E-state index is 14.9. The molecule has 4 aromatic rings. The van der Waals surface area contributed by atoms with Crippen molar-refractivity contribution in [2.75, 3.05) is 31.7 Å². The maximum absolute atomic E-state index is 14.9. The molecule has 2 N–H and O–H groups in total. The van der Waals surface area contributed by atoms with Gasteiger partial charge in [-0.25, -0.2) is 0 Å². The minimum absolute atomic E-state index is 0.103. The molecule has 274 valence electrons. The van der Waals surface area contributed by atoms with Crippen LogP contribution in [0.25, 0.3) is 16.5 Å². The topological polar surface area (TPSA) is 152 Å². The van der Waals surface area contributed by atoms with Crippen LogP contribution >= 0.6 is 0 Å². The Morgan fingerprint density at radius 2 is 1.77 bits per heavy atom. The zero-order valence-corrected chi connectivity index (χ0v) is 31.0. The molecule has 0 radical (unpaired) electrons. The fraction of sp³-hybridized carbons (Fsp3) is 0.410. The van der Waals surface area contributed by atoms with Gasteiger partial charge in [0.05, 0.1) is 49.2 Å². The Morgan fingerprint density at radius 1 is 1.04 bits per heavy atom. The van der Waals surface area contributed by atoms with E-state index in [1.807, 2.05) is 49.4 Å². The summed E-state index contributed by atoms with van der Waals surface area (Å²) in [4.78, 5) is 69.4. The number of carbonyl (C=O) groups excluding carboxylic acids is 3. The molecule has 4 atom stereocenters. The van der Waals surface area contributed by atoms with Gasteiger partial charge in [0.25, 0.3) is 11.5 Å². The quantitative estimate of drug-likeness (QED) is 0.117. The Bertz CT molecular complexity index is 2020. The monoisotopic (exact) mass is 726 g/mol. The number of hydrogen-bond donors (Lipinski definition) is 2. The van der Waals surface area contributed by atoms with E-state index < -0.39 is 31.5 Å². The number of aromatic nitrogens is 2. The third-order valence-electron chi connectivity index (χ3n) is 10.5. The molecule has 6 rings (SSSR count). The number of fused-ring (bicyclic) bond motifs is 3. The molecule has 1 fully saturated rings. The number of rotatable bonds is 13. The van der Waals surface area contributed by atoms with Gasteiger partial charge in [0.15, 0.2) is 13.9 Å². The summed E-state index contributed by atoms with van der Waals surface area (Å²) < 4.78 is 13.0. The normalized spacial score (nSPS) is 21.2. The van der Waals surface area contributed by atoms with Crippen LogP contribution in [0.2, 0.25) is 18.6 Å². The number of amides is 2. The molecule has 3 heterocycles. The molecule has 2 aliphatic heterocycles. The van der Waals surface area contributed by atoms with E-state index >= 15 is 0 Å². The van der Waals surface area contributed by atoms with Crippen molar-refractivity contribution in [3.8, 4) is 5.69 Å². The van der Waals surface area contributed by atoms with Crippen LogP contribution in [-0.2, 0) is 36.0 Å². The Balaban J connectivity index is 1.41. The lowest BCUT2D eigenvalue weighted by atomic mass is 9.82. The van der Waals surface area contributed by atoms with Gasteiger partial charge in [0.2, 0.25) is 5.91 Å². The first-order valence-electron chi connectivity index (χ1n) is 17.7. The van der Waals surface area contributed by atoms with Gasteiger partial charge < -0.3 is 29.2 Å². The minimum atomic E-state index is -3.11. The van der Waals surface area contributed by atoms with E-state index in [-0.39, 0.29) is 55.9 Å². The Morgan fingerprint density at radius 3 is 2.48 bits per heavy atom. The smallest absolute Gasteiger partial charge is 0.305 e. The molecule has 0 bridgehead atoms. The highest BCUT2D eigenvalue weighted by molar-refractivity contribution is 6.71. The third kappa shape index (κ3) is 6.93. The SMILES string of the molecule is COC(=O)CCCCN1C(=O)[C@@]2(O[C@@H](CC(=O)N(CCO)Cc3ccccc3)[C@H]([Si](C)(C)O)[C@H]2C)c2cc(-n3ncc4ccccc4c3=O)ccc21. The zero-order valence-electron chi connectivity index (χ0n) is 30.0. The number of unbranched alkanes of at least 4 members (excludes halogenated alkanes) is 1. The summed E-state index contributed by atoms with van der Waals surface area (Å²) in [5.74, 6) is -1.47. The first-order valence-corrected chi connectivity index (χ1v) is 20.8. The number of benzene rings is 3. The summed E-state index contributed by atoms with van der Waals surface area (Å²) in [6.45, 7) is 5.96. The fourth-order valence-corrected chi connectivity index (χ4v) is 10.6. The van der Waals surface area contributed by atoms with Crippen LogP contribution in [0, 0.1) is 5.92 Å². The van der Waals surface area contributed by atoms with Gasteiger partial charge in [-0.2, -0.15) is 9.78 Å². The second-order valence-electron chi connectivity index (χ2n) is 14.2. The molecule has 12 nitrogen and oxygen atoms in total. The lowest BCUT2D eigenvalue weighted by Gasteiger charge is -2.32. The van der Waals surface area contributed by atoms with Crippen LogP contribution < -0.4 is 10.5 Å². The molecule has 2 aliphatic rings. The number of aliphatic hydroxyl groups is 1. The van der Waals surface area contributed by atoms with Crippen molar-refractivity contribution in [3.05, 3.63) is 100 Å². The van der Waals surface area contributed by atoms with E-state index in [0.717, 1.165) is 5.56 Å². The number of methoxy groups -OCH3 is 1. The second-order valence-corrected chi connectivity index (χ2v) is 18.2. The Kier molecular flexibility index (Phi) is 10.8. The van der Waals surface area contributed by atoms with Gasteiger partial charge in [0, 0.05) is 48.5 Å². The van der Waals surface area contributed by atoms with E-state index in [1.165, 1.54) is 11.8 Å². The lowest BCUT2D eigenvalue weighted by Crippen LogP contribution is -2.46. The van der Waals surface area contributed by atoms with Crippen molar-refractivity contribution in [3.63, 3.8) is 0 Å². The third-order valence-corrected chi connectivity index (χ3v) is 13.0. The van der Waals surface area contributed by atoms with E-state index in [4.69, 9.17) is 9.47 Å². The van der Waals surface area contributed by atoms with Gasteiger partial charge in [-0.15, -0.1) is 0 Å². The fourth-order valence-electron chi connectivity index (χ4n) is 8.05. The molecular weight excluding hydrogens is 681 g/mol. The predicted octanol–water partition coefficient (Wildman–Crippen LogP) is 4.28. The first kappa shape index (κ1) is 37.1. The van der Waals surface area contributed by atoms with Crippen molar-refractivity contribution >= 4 is 42.6 Å². The highest BCUT2D eigenvalue weighted by atomic mass is 28.4. The van der Waals surface area contributed by atoms with Crippen LogP contribution in [0.3, 0.4) is 0 Å². The van der Waals surface area contributed by atoms with Gasteiger partial charge >= 0.3 is 5.97 Å². The van der Waals surface area contributed by atoms with Crippen molar-refractivity contribution in [1.82, 2.24) is 14.7 Å². The number of ether oxygens (including phenoxy) is 2. The zero-order chi connectivity index (χ0) is 37.2. The van der Waals surface area contributed by atoms with Crippen LogP contribution in [0.5, 0.6) is 0 Å². The molecule has 3 aromatic carbocycles. The molecule has 0 aliphatic carbocycles. The van der Waals surface area contributed by atoms with E-state index in [0.29, 0.717) is 47.1 Å². The average Bonchev–Trinajstić information content (AvgIpc) is 3.55. The van der Waals surface area contributed by atoms with Gasteiger partial charge in [-0.05, 0) is 55.8 Å². The second kappa shape index (κ2) is 15.1. The molecule has 1 spiro atoms. The van der Waals surface area contributed by atoms with E-state index in [2.05, 4.69) is 5.10 Å². The first-order chi connectivity index (χ1) is 24.9. The summed E-state index contributed by atoms with van der Waals surface area (Å²) in [5.41, 5.74) is 0.0716. The Hall–Kier alpha value is -4.69. The van der Waals surface area contributed by atoms with Crippen molar-refractivity contribution in [2.24, 2.45) is 5.92 Å². The van der Waals surface area contributed by atoms with Crippen LogP contribution in [0.15, 0.2) is 83.8 Å².